The van der Waals surface area contributed by atoms with Crippen LogP contribution < -0.4 is 51.4 Å². The Labute approximate surface area is 124 Å². The Kier molecular flexibility index (Phi) is 2.75. The molecular weight excluding hydrogens is 219 g/mol. The second-order valence-electron chi connectivity index (χ2n) is 5.06. The van der Waals surface area contributed by atoms with Crippen LogP contribution in [0.1, 0.15) is 19.3 Å². The fourth-order valence-corrected chi connectivity index (χ4v) is 3.32. The van der Waals surface area contributed by atoms with Gasteiger partial charge in [-0.25, -0.2) is 0 Å². The maximum absolute atomic E-state index is 12.5. The van der Waals surface area contributed by atoms with E-state index in [0.717, 1.165) is 0 Å². The first kappa shape index (κ1) is 11.9. The minimum Gasteiger partial charge on any atom is -0.449 e. The van der Waals surface area contributed by atoms with Gasteiger partial charge in [-0.3, -0.25) is 0 Å². The molecule has 1 nitrogen and oxygen atoms in total. The van der Waals surface area contributed by atoms with Gasteiger partial charge < -0.3 is 17.7 Å². The van der Waals surface area contributed by atoms with Crippen molar-refractivity contribution in [3.63, 3.8) is 0 Å². The molecular formula is C8H11BF3KO. The van der Waals surface area contributed by atoms with Crippen LogP contribution in [-0.2, 0) is 4.74 Å². The summed E-state index contributed by atoms with van der Waals surface area (Å²) in [5.74, 6) is 0.438. The van der Waals surface area contributed by atoms with Crippen molar-refractivity contribution in [2.24, 2.45) is 11.3 Å². The first-order valence-corrected chi connectivity index (χ1v) is 4.75. The quantitative estimate of drug-likeness (QED) is 0.576. The minimum absolute atomic E-state index is 0. The molecule has 1 heterocycles. The van der Waals surface area contributed by atoms with E-state index < -0.39 is 12.3 Å². The number of hydrogen-bond donors (Lipinski definition) is 0. The number of halogens is 3. The molecule has 3 aliphatic carbocycles. The van der Waals surface area contributed by atoms with Gasteiger partial charge in [0.15, 0.2) is 0 Å². The molecule has 0 unspecified atom stereocenters. The van der Waals surface area contributed by atoms with Gasteiger partial charge in [0.05, 0.1) is 13.2 Å². The Hall–Kier alpha value is 1.45. The molecule has 4 fully saturated rings. The molecule has 74 valence electrons. The third-order valence-electron chi connectivity index (χ3n) is 4.31. The van der Waals surface area contributed by atoms with Crippen molar-refractivity contribution >= 4 is 6.98 Å². The number of rotatable bonds is 2. The maximum atomic E-state index is 12.5. The summed E-state index contributed by atoms with van der Waals surface area (Å²) in [6.07, 6.45) is 1.20. The molecule has 0 spiro atoms. The molecule has 1 aliphatic heterocycles. The Morgan fingerprint density at radius 3 is 1.86 bits per heavy atom. The third kappa shape index (κ3) is 1.27. The van der Waals surface area contributed by atoms with E-state index in [4.69, 9.17) is 4.74 Å². The maximum Gasteiger partial charge on any atom is 1.00 e. The van der Waals surface area contributed by atoms with Crippen molar-refractivity contribution in [2.45, 2.75) is 24.6 Å². The van der Waals surface area contributed by atoms with E-state index >= 15 is 0 Å². The third-order valence-corrected chi connectivity index (χ3v) is 4.31. The average Bonchev–Trinajstić information content (AvgIpc) is 1.64. The Morgan fingerprint density at radius 1 is 1.07 bits per heavy atom. The molecule has 0 N–H and O–H groups in total. The van der Waals surface area contributed by atoms with Gasteiger partial charge in [0, 0.05) is 5.92 Å². The van der Waals surface area contributed by atoms with Gasteiger partial charge >= 0.3 is 58.4 Å². The van der Waals surface area contributed by atoms with Gasteiger partial charge in [0.25, 0.3) is 0 Å². The number of hydrogen-bond acceptors (Lipinski definition) is 1. The van der Waals surface area contributed by atoms with Gasteiger partial charge in [-0.05, 0) is 5.41 Å². The van der Waals surface area contributed by atoms with Crippen LogP contribution in [0, 0.1) is 11.3 Å². The fourth-order valence-electron chi connectivity index (χ4n) is 3.32. The van der Waals surface area contributed by atoms with Crippen molar-refractivity contribution in [3.8, 4) is 0 Å². The van der Waals surface area contributed by atoms with Gasteiger partial charge in [-0.2, -0.15) is 0 Å². The molecule has 4 rings (SSSR count). The van der Waals surface area contributed by atoms with E-state index in [1.807, 2.05) is 0 Å². The standard InChI is InChI=1S/C8H11BF3O.K/c10-9(11,12)8-3-7(4-8,5-8)6-1-13-2-6;/h6H,1-5H2;/q-1;+1. The monoisotopic (exact) mass is 230 g/mol. The summed E-state index contributed by atoms with van der Waals surface area (Å²) in [6.45, 7) is -3.20. The minimum atomic E-state index is -4.59. The van der Waals surface area contributed by atoms with Crippen molar-refractivity contribution in [3.05, 3.63) is 0 Å². The fraction of sp³-hybridized carbons (Fsp3) is 1.00. The normalized spacial score (nSPS) is 45.6. The summed E-state index contributed by atoms with van der Waals surface area (Å²) in [5.41, 5.74) is 0.0511. The van der Waals surface area contributed by atoms with Crippen molar-refractivity contribution in [2.75, 3.05) is 13.2 Å². The zero-order chi connectivity index (χ0) is 9.32. The molecule has 0 radical (unpaired) electrons. The van der Waals surface area contributed by atoms with E-state index in [2.05, 4.69) is 0 Å². The summed E-state index contributed by atoms with van der Waals surface area (Å²) in [7, 11) is 0. The number of ether oxygens (including phenoxy) is 1. The van der Waals surface area contributed by atoms with Crippen LogP contribution in [0.4, 0.5) is 12.9 Å². The van der Waals surface area contributed by atoms with Crippen LogP contribution in [0.25, 0.3) is 0 Å². The molecule has 0 aromatic heterocycles. The van der Waals surface area contributed by atoms with Crippen LogP contribution in [-0.4, -0.2) is 20.2 Å². The summed E-state index contributed by atoms with van der Waals surface area (Å²) in [4.78, 5) is 0. The molecule has 3 saturated carbocycles. The van der Waals surface area contributed by atoms with Crippen molar-refractivity contribution < 1.29 is 69.1 Å². The zero-order valence-corrected chi connectivity index (χ0v) is 11.4. The van der Waals surface area contributed by atoms with Crippen molar-refractivity contribution in [1.82, 2.24) is 0 Å². The Balaban J connectivity index is 0.000000750. The summed E-state index contributed by atoms with van der Waals surface area (Å²) in [6, 6.07) is 0. The molecule has 1 saturated heterocycles. The van der Waals surface area contributed by atoms with E-state index in [9.17, 15) is 12.9 Å². The second kappa shape index (κ2) is 3.23. The molecule has 6 heteroatoms. The Morgan fingerprint density at radius 2 is 1.57 bits per heavy atom. The Bertz CT molecular complexity index is 244. The predicted octanol–water partition coefficient (Wildman–Crippen LogP) is -0.591. The topological polar surface area (TPSA) is 9.23 Å². The predicted molar refractivity (Wildman–Crippen MR) is 42.4 cm³/mol. The first-order valence-electron chi connectivity index (χ1n) is 4.75. The van der Waals surface area contributed by atoms with Crippen LogP contribution in [0.5, 0.6) is 0 Å². The molecule has 0 atom stereocenters. The summed E-state index contributed by atoms with van der Waals surface area (Å²) >= 11 is 0. The van der Waals surface area contributed by atoms with E-state index in [1.54, 1.807) is 0 Å². The van der Waals surface area contributed by atoms with Crippen LogP contribution in [0.2, 0.25) is 5.31 Å². The van der Waals surface area contributed by atoms with Gasteiger partial charge in [-0.15, -0.1) is 0 Å². The van der Waals surface area contributed by atoms with Crippen LogP contribution in [0.15, 0.2) is 0 Å². The van der Waals surface area contributed by atoms with Crippen LogP contribution in [0.3, 0.4) is 0 Å². The summed E-state index contributed by atoms with van der Waals surface area (Å²) < 4.78 is 42.6. The largest absolute Gasteiger partial charge is 1.00 e. The van der Waals surface area contributed by atoms with Gasteiger partial charge in [0.1, 0.15) is 0 Å². The molecule has 14 heavy (non-hydrogen) atoms. The first-order chi connectivity index (χ1) is 5.98. The zero-order valence-electron chi connectivity index (χ0n) is 8.23. The van der Waals surface area contributed by atoms with E-state index in [1.165, 1.54) is 0 Å². The average molecular weight is 230 g/mol. The molecule has 4 aliphatic rings. The smallest absolute Gasteiger partial charge is 0.449 e. The summed E-state index contributed by atoms with van der Waals surface area (Å²) in [5, 5.41) is -1.21. The SMILES string of the molecule is F[B-](F)(F)C12CC(C3COC3)(C1)C2.[K+]. The van der Waals surface area contributed by atoms with Crippen molar-refractivity contribution in [1.29, 1.82) is 0 Å². The van der Waals surface area contributed by atoms with Gasteiger partial charge in [-0.1, -0.05) is 24.6 Å². The van der Waals surface area contributed by atoms with Crippen LogP contribution >= 0.6 is 0 Å². The molecule has 0 aromatic carbocycles. The second-order valence-corrected chi connectivity index (χ2v) is 5.06. The van der Waals surface area contributed by atoms with E-state index in [-0.39, 0.29) is 56.8 Å². The molecule has 0 aromatic rings. The molecule has 2 bridgehead atoms. The van der Waals surface area contributed by atoms with Gasteiger partial charge in [0.2, 0.25) is 0 Å². The molecule has 0 amide bonds. The van der Waals surface area contributed by atoms with E-state index in [0.29, 0.717) is 38.4 Å².